The molecule has 6 heteroatoms. The molecular weight excluding hydrogens is 347 g/mol. The van der Waals surface area contributed by atoms with E-state index in [0.29, 0.717) is 31.8 Å². The average Bonchev–Trinajstić information content (AvgIpc) is 2.69. The van der Waals surface area contributed by atoms with Crippen LogP contribution in [0.3, 0.4) is 0 Å². The Hall–Kier alpha value is -2.60. The molecule has 0 radical (unpaired) electrons. The molecule has 1 aliphatic heterocycles. The highest BCUT2D eigenvalue weighted by Gasteiger charge is 2.22. The SMILES string of the molecule is COc1ccc(CC(=O)N2CCN(Cc3cc(F)ccc3OC)CC2)cc1. The van der Waals surface area contributed by atoms with Crippen LogP contribution in [0.1, 0.15) is 11.1 Å². The van der Waals surface area contributed by atoms with Crippen LogP contribution in [0.25, 0.3) is 0 Å². The van der Waals surface area contributed by atoms with Crippen LogP contribution in [0.15, 0.2) is 42.5 Å². The summed E-state index contributed by atoms with van der Waals surface area (Å²) >= 11 is 0. The highest BCUT2D eigenvalue weighted by atomic mass is 19.1. The number of carbonyl (C=O) groups is 1. The first-order valence-corrected chi connectivity index (χ1v) is 9.04. The van der Waals surface area contributed by atoms with E-state index in [2.05, 4.69) is 4.90 Å². The van der Waals surface area contributed by atoms with Crippen molar-refractivity contribution in [1.29, 1.82) is 0 Å². The number of hydrogen-bond donors (Lipinski definition) is 0. The summed E-state index contributed by atoms with van der Waals surface area (Å²) < 4.78 is 24.0. The molecule has 0 spiro atoms. The van der Waals surface area contributed by atoms with E-state index in [-0.39, 0.29) is 11.7 Å². The predicted molar refractivity (Wildman–Crippen MR) is 102 cm³/mol. The van der Waals surface area contributed by atoms with Crippen LogP contribution in [0.4, 0.5) is 4.39 Å². The summed E-state index contributed by atoms with van der Waals surface area (Å²) in [7, 11) is 3.21. The number of rotatable bonds is 6. The minimum atomic E-state index is -0.265. The summed E-state index contributed by atoms with van der Waals surface area (Å²) in [4.78, 5) is 16.6. The molecule has 1 fully saturated rings. The lowest BCUT2D eigenvalue weighted by Gasteiger charge is -2.35. The summed E-state index contributed by atoms with van der Waals surface area (Å²) in [5, 5.41) is 0. The van der Waals surface area contributed by atoms with E-state index < -0.39 is 0 Å². The maximum atomic E-state index is 13.5. The molecule has 0 unspecified atom stereocenters. The summed E-state index contributed by atoms with van der Waals surface area (Å²) in [6, 6.07) is 12.1. The number of carbonyl (C=O) groups excluding carboxylic acids is 1. The molecule has 1 aliphatic rings. The molecule has 0 saturated carbocycles. The number of halogens is 1. The Morgan fingerprint density at radius 2 is 1.70 bits per heavy atom. The van der Waals surface area contributed by atoms with Gasteiger partial charge in [-0.3, -0.25) is 9.69 Å². The number of ether oxygens (including phenoxy) is 2. The van der Waals surface area contributed by atoms with E-state index in [0.717, 1.165) is 30.0 Å². The Kier molecular flexibility index (Phi) is 6.29. The second kappa shape index (κ2) is 8.86. The number of hydrogen-bond acceptors (Lipinski definition) is 4. The van der Waals surface area contributed by atoms with E-state index >= 15 is 0 Å². The number of piperazine rings is 1. The van der Waals surface area contributed by atoms with Crippen LogP contribution < -0.4 is 9.47 Å². The minimum Gasteiger partial charge on any atom is -0.497 e. The molecule has 2 aromatic carbocycles. The van der Waals surface area contributed by atoms with Crippen LogP contribution in [0.2, 0.25) is 0 Å². The lowest BCUT2D eigenvalue weighted by molar-refractivity contribution is -0.132. The maximum absolute atomic E-state index is 13.5. The lowest BCUT2D eigenvalue weighted by Crippen LogP contribution is -2.48. The van der Waals surface area contributed by atoms with Gasteiger partial charge < -0.3 is 14.4 Å². The van der Waals surface area contributed by atoms with Gasteiger partial charge in [0, 0.05) is 38.3 Å². The monoisotopic (exact) mass is 372 g/mol. The Morgan fingerprint density at radius 1 is 1.00 bits per heavy atom. The highest BCUT2D eigenvalue weighted by Crippen LogP contribution is 2.22. The van der Waals surface area contributed by atoms with Crippen molar-refractivity contribution in [3.8, 4) is 11.5 Å². The van der Waals surface area contributed by atoms with E-state index in [9.17, 15) is 9.18 Å². The molecule has 0 N–H and O–H groups in total. The third-order valence-corrected chi connectivity index (χ3v) is 4.88. The van der Waals surface area contributed by atoms with E-state index in [4.69, 9.17) is 9.47 Å². The number of methoxy groups -OCH3 is 2. The van der Waals surface area contributed by atoms with Crippen molar-refractivity contribution < 1.29 is 18.7 Å². The topological polar surface area (TPSA) is 42.0 Å². The molecule has 0 aliphatic carbocycles. The number of benzene rings is 2. The van der Waals surface area contributed by atoms with Crippen molar-refractivity contribution in [2.24, 2.45) is 0 Å². The van der Waals surface area contributed by atoms with Gasteiger partial charge in [0.1, 0.15) is 17.3 Å². The highest BCUT2D eigenvalue weighted by molar-refractivity contribution is 5.79. The molecule has 5 nitrogen and oxygen atoms in total. The normalized spacial score (nSPS) is 14.9. The second-order valence-corrected chi connectivity index (χ2v) is 6.64. The van der Waals surface area contributed by atoms with Crippen LogP contribution >= 0.6 is 0 Å². The molecule has 0 atom stereocenters. The summed E-state index contributed by atoms with van der Waals surface area (Å²) in [5.41, 5.74) is 1.81. The molecule has 1 heterocycles. The summed E-state index contributed by atoms with van der Waals surface area (Å²) in [5.74, 6) is 1.34. The van der Waals surface area contributed by atoms with Gasteiger partial charge in [-0.25, -0.2) is 4.39 Å². The van der Waals surface area contributed by atoms with Crippen molar-refractivity contribution in [2.75, 3.05) is 40.4 Å². The second-order valence-electron chi connectivity index (χ2n) is 6.64. The van der Waals surface area contributed by atoms with Gasteiger partial charge in [-0.2, -0.15) is 0 Å². The third-order valence-electron chi connectivity index (χ3n) is 4.88. The minimum absolute atomic E-state index is 0.128. The Balaban J connectivity index is 1.52. The number of amides is 1. The van der Waals surface area contributed by atoms with Crippen LogP contribution in [0, 0.1) is 5.82 Å². The van der Waals surface area contributed by atoms with Gasteiger partial charge in [-0.1, -0.05) is 12.1 Å². The lowest BCUT2D eigenvalue weighted by atomic mass is 10.1. The summed E-state index contributed by atoms with van der Waals surface area (Å²) in [6.07, 6.45) is 0.391. The fourth-order valence-electron chi connectivity index (χ4n) is 3.30. The van der Waals surface area contributed by atoms with Gasteiger partial charge in [-0.15, -0.1) is 0 Å². The van der Waals surface area contributed by atoms with Crippen molar-refractivity contribution >= 4 is 5.91 Å². The van der Waals surface area contributed by atoms with E-state index in [1.54, 1.807) is 20.3 Å². The molecule has 0 bridgehead atoms. The third kappa shape index (κ3) is 4.98. The smallest absolute Gasteiger partial charge is 0.227 e. The zero-order chi connectivity index (χ0) is 19.2. The average molecular weight is 372 g/mol. The van der Waals surface area contributed by atoms with Gasteiger partial charge in [0.2, 0.25) is 5.91 Å². The van der Waals surface area contributed by atoms with Gasteiger partial charge in [0.05, 0.1) is 20.6 Å². The van der Waals surface area contributed by atoms with E-state index in [1.165, 1.54) is 12.1 Å². The molecule has 0 aromatic heterocycles. The van der Waals surface area contributed by atoms with Crippen LogP contribution in [-0.4, -0.2) is 56.1 Å². The predicted octanol–water partition coefficient (Wildman–Crippen LogP) is 2.73. The largest absolute Gasteiger partial charge is 0.497 e. The zero-order valence-corrected chi connectivity index (χ0v) is 15.8. The van der Waals surface area contributed by atoms with Crippen molar-refractivity contribution in [3.05, 3.63) is 59.4 Å². The molecular formula is C21H25FN2O3. The van der Waals surface area contributed by atoms with Gasteiger partial charge in [0.25, 0.3) is 0 Å². The van der Waals surface area contributed by atoms with Gasteiger partial charge in [-0.05, 0) is 35.9 Å². The first kappa shape index (κ1) is 19.2. The Bertz CT molecular complexity index is 771. The molecule has 27 heavy (non-hydrogen) atoms. The number of nitrogens with zero attached hydrogens (tertiary/aromatic N) is 2. The van der Waals surface area contributed by atoms with Crippen LogP contribution in [0.5, 0.6) is 11.5 Å². The van der Waals surface area contributed by atoms with E-state index in [1.807, 2.05) is 29.2 Å². The Morgan fingerprint density at radius 3 is 2.33 bits per heavy atom. The molecule has 2 aromatic rings. The zero-order valence-electron chi connectivity index (χ0n) is 15.8. The molecule has 1 amide bonds. The Labute approximate surface area is 159 Å². The quantitative estimate of drug-likeness (QED) is 0.782. The van der Waals surface area contributed by atoms with Crippen molar-refractivity contribution in [1.82, 2.24) is 9.80 Å². The fourth-order valence-corrected chi connectivity index (χ4v) is 3.30. The molecule has 144 valence electrons. The first-order chi connectivity index (χ1) is 13.1. The van der Waals surface area contributed by atoms with Crippen LogP contribution in [-0.2, 0) is 17.8 Å². The fraction of sp³-hybridized carbons (Fsp3) is 0.381. The maximum Gasteiger partial charge on any atom is 0.227 e. The van der Waals surface area contributed by atoms with Crippen molar-refractivity contribution in [3.63, 3.8) is 0 Å². The van der Waals surface area contributed by atoms with Gasteiger partial charge >= 0.3 is 0 Å². The van der Waals surface area contributed by atoms with Crippen molar-refractivity contribution in [2.45, 2.75) is 13.0 Å². The standard InChI is InChI=1S/C21H25FN2O3/c1-26-19-6-3-16(4-7-19)13-21(25)24-11-9-23(10-12-24)15-17-14-18(22)5-8-20(17)27-2/h3-8,14H,9-13,15H2,1-2H3. The van der Waals surface area contributed by atoms with Gasteiger partial charge in [0.15, 0.2) is 0 Å². The first-order valence-electron chi connectivity index (χ1n) is 9.04. The molecule has 3 rings (SSSR count). The summed E-state index contributed by atoms with van der Waals surface area (Å²) in [6.45, 7) is 3.47. The molecule has 1 saturated heterocycles.